The Hall–Kier alpha value is -2.29. The summed E-state index contributed by atoms with van der Waals surface area (Å²) in [6.45, 7) is 1.43. The van der Waals surface area contributed by atoms with Gasteiger partial charge < -0.3 is 16.3 Å². The number of amides is 3. The van der Waals surface area contributed by atoms with Crippen LogP contribution in [0.5, 0.6) is 0 Å². The van der Waals surface area contributed by atoms with E-state index in [4.69, 9.17) is 5.73 Å². The molecule has 0 spiro atoms. The number of carbonyl (C=O) groups is 3. The summed E-state index contributed by atoms with van der Waals surface area (Å²) in [6, 6.07) is 4.19. The highest BCUT2D eigenvalue weighted by molar-refractivity contribution is 6.02. The van der Waals surface area contributed by atoms with Crippen LogP contribution in [0.15, 0.2) is 18.2 Å². The van der Waals surface area contributed by atoms with Crippen LogP contribution in [0.4, 0.5) is 5.69 Å². The predicted molar refractivity (Wildman–Crippen MR) is 110 cm³/mol. The van der Waals surface area contributed by atoms with Crippen LogP contribution in [0.1, 0.15) is 67.3 Å². The zero-order valence-corrected chi connectivity index (χ0v) is 16.7. The monoisotopic (exact) mass is 402 g/mol. The number of hydrogen-bond acceptors (Lipinski definition) is 6. The fraction of sp³-hybridized carbons (Fsp3) is 0.571. The van der Waals surface area contributed by atoms with Crippen LogP contribution >= 0.6 is 0 Å². The maximum absolute atomic E-state index is 13.4. The van der Waals surface area contributed by atoms with Gasteiger partial charge in [-0.3, -0.25) is 19.6 Å². The summed E-state index contributed by atoms with van der Waals surface area (Å²) in [6.07, 6.45) is 6.90. The lowest BCUT2D eigenvalue weighted by Crippen LogP contribution is -2.60. The molecule has 3 rings (SSSR count). The molecule has 8 heteroatoms. The Morgan fingerprint density at radius 1 is 1.10 bits per heavy atom. The van der Waals surface area contributed by atoms with Crippen LogP contribution in [0.3, 0.4) is 0 Å². The van der Waals surface area contributed by atoms with Gasteiger partial charge in [-0.1, -0.05) is 31.7 Å². The molecule has 2 unspecified atom stereocenters. The molecule has 0 saturated carbocycles. The summed E-state index contributed by atoms with van der Waals surface area (Å²) in [5.41, 5.74) is 7.31. The fourth-order valence-corrected chi connectivity index (χ4v) is 4.17. The molecule has 3 amide bonds. The fourth-order valence-electron chi connectivity index (χ4n) is 4.17. The van der Waals surface area contributed by atoms with E-state index in [1.165, 1.54) is 19.3 Å². The molecule has 158 valence electrons. The first-order valence-electron chi connectivity index (χ1n) is 10.5. The highest BCUT2D eigenvalue weighted by atomic mass is 16.6. The van der Waals surface area contributed by atoms with Gasteiger partial charge in [0.15, 0.2) is 6.04 Å². The number of carbonyl (C=O) groups excluding carboxylic acids is 3. The second-order valence-corrected chi connectivity index (χ2v) is 7.89. The lowest BCUT2D eigenvalue weighted by molar-refractivity contribution is -0.825. The van der Waals surface area contributed by atoms with Crippen molar-refractivity contribution in [3.8, 4) is 0 Å². The third kappa shape index (κ3) is 4.66. The van der Waals surface area contributed by atoms with E-state index in [0.717, 1.165) is 38.0 Å². The number of unbranched alkanes of at least 4 members (excludes halogenated alkanes) is 5. The Morgan fingerprint density at radius 3 is 2.55 bits per heavy atom. The van der Waals surface area contributed by atoms with Gasteiger partial charge in [-0.15, -0.1) is 0 Å². The maximum atomic E-state index is 13.4. The van der Waals surface area contributed by atoms with E-state index in [1.807, 2.05) is 6.07 Å². The summed E-state index contributed by atoms with van der Waals surface area (Å²) in [5.74, 6) is -1.65. The van der Waals surface area contributed by atoms with Crippen molar-refractivity contribution in [1.82, 2.24) is 5.32 Å². The van der Waals surface area contributed by atoms with Crippen LogP contribution in [-0.4, -0.2) is 41.5 Å². The van der Waals surface area contributed by atoms with Crippen molar-refractivity contribution in [2.24, 2.45) is 5.73 Å². The number of nitrogens with two attached hydrogens (primary N) is 1. The zero-order valence-electron chi connectivity index (χ0n) is 16.7. The van der Waals surface area contributed by atoms with Gasteiger partial charge in [-0.25, -0.2) is 4.79 Å². The van der Waals surface area contributed by atoms with Crippen LogP contribution in [0.2, 0.25) is 0 Å². The van der Waals surface area contributed by atoms with Gasteiger partial charge in [0.05, 0.1) is 5.56 Å². The van der Waals surface area contributed by atoms with E-state index in [9.17, 15) is 19.6 Å². The molecule has 2 aliphatic rings. The number of hydrogen-bond donors (Lipinski definition) is 3. The van der Waals surface area contributed by atoms with Gasteiger partial charge in [-0.2, -0.15) is 0 Å². The molecule has 1 aromatic rings. The molecule has 0 aromatic heterocycles. The van der Waals surface area contributed by atoms with Crippen molar-refractivity contribution in [2.75, 3.05) is 18.4 Å². The average molecular weight is 402 g/mol. The predicted octanol–water partition coefficient (Wildman–Crippen LogP) is 2.17. The highest BCUT2D eigenvalue weighted by Gasteiger charge is 2.49. The average Bonchev–Trinajstić information content (AvgIpc) is 2.96. The molecule has 0 aliphatic carbocycles. The Morgan fingerprint density at radius 2 is 1.83 bits per heavy atom. The number of hydroxylamine groups is 3. The first-order valence-corrected chi connectivity index (χ1v) is 10.5. The minimum atomic E-state index is -1.24. The molecule has 0 radical (unpaired) electrons. The zero-order chi connectivity index (χ0) is 20.9. The van der Waals surface area contributed by atoms with E-state index < -0.39 is 28.4 Å². The van der Waals surface area contributed by atoms with Gasteiger partial charge >= 0.3 is 5.91 Å². The highest BCUT2D eigenvalue weighted by Crippen LogP contribution is 2.37. The minimum absolute atomic E-state index is 0.0806. The number of benzene rings is 1. The molecule has 4 N–H and O–H groups in total. The second kappa shape index (κ2) is 9.47. The molecule has 1 saturated heterocycles. The molecular formula is C21H30N4O4. The van der Waals surface area contributed by atoms with Crippen LogP contribution in [0, 0.1) is 5.21 Å². The molecule has 0 bridgehead atoms. The summed E-state index contributed by atoms with van der Waals surface area (Å²) < 4.78 is -1.24. The van der Waals surface area contributed by atoms with Crippen molar-refractivity contribution in [2.45, 2.75) is 64.0 Å². The van der Waals surface area contributed by atoms with Gasteiger partial charge in [0.25, 0.3) is 5.91 Å². The number of anilines is 1. The molecular weight excluding hydrogens is 372 g/mol. The second-order valence-electron chi connectivity index (χ2n) is 7.89. The summed E-state index contributed by atoms with van der Waals surface area (Å²) in [4.78, 5) is 36.4. The standard InChI is InChI=1S/C21H30N4O4/c22-12-5-3-1-2-4-6-13-23-17-9-7-8-15-16(17)14-25(29,21(15)28)18-10-11-19(26)24-20(18)27/h7-9,18,23H,1-6,10-14,22H2,(H,24,26,27). The molecule has 1 fully saturated rings. The van der Waals surface area contributed by atoms with Gasteiger partial charge in [0.2, 0.25) is 5.91 Å². The van der Waals surface area contributed by atoms with E-state index >= 15 is 0 Å². The first kappa shape index (κ1) is 21.4. The van der Waals surface area contributed by atoms with Gasteiger partial charge in [-0.05, 0) is 31.5 Å². The SMILES string of the molecule is NCCCCCCCCNc1cccc2c1C[N+]([O-])(C1CCC(=O)NC1=O)C2=O. The quantitative estimate of drug-likeness (QED) is 0.238. The Labute approximate surface area is 171 Å². The lowest BCUT2D eigenvalue weighted by Gasteiger charge is -2.42. The van der Waals surface area contributed by atoms with Crippen LogP contribution < -0.4 is 16.4 Å². The summed E-state index contributed by atoms with van der Waals surface area (Å²) in [7, 11) is 0. The number of piperidine rings is 1. The van der Waals surface area contributed by atoms with Crippen LogP contribution in [0.25, 0.3) is 0 Å². The van der Waals surface area contributed by atoms with Gasteiger partial charge in [0, 0.05) is 30.6 Å². The summed E-state index contributed by atoms with van der Waals surface area (Å²) in [5, 5.41) is 18.9. The van der Waals surface area contributed by atoms with Gasteiger partial charge in [0.1, 0.15) is 6.54 Å². The third-order valence-electron chi connectivity index (χ3n) is 5.80. The van der Waals surface area contributed by atoms with E-state index in [2.05, 4.69) is 10.6 Å². The number of quaternary nitrogens is 1. The molecule has 1 aromatic carbocycles. The normalized spacial score (nSPS) is 23.8. The Balaban J connectivity index is 1.60. The smallest absolute Gasteiger partial charge is 0.347 e. The summed E-state index contributed by atoms with van der Waals surface area (Å²) >= 11 is 0. The topological polar surface area (TPSA) is 124 Å². The molecule has 2 aliphatic heterocycles. The van der Waals surface area contributed by atoms with E-state index in [0.29, 0.717) is 11.1 Å². The molecule has 2 atom stereocenters. The third-order valence-corrected chi connectivity index (χ3v) is 5.80. The number of nitrogens with one attached hydrogen (secondary N) is 2. The van der Waals surface area contributed by atoms with E-state index in [-0.39, 0.29) is 19.4 Å². The Bertz CT molecular complexity index is 782. The minimum Gasteiger partial charge on any atom is -0.624 e. The Kier molecular flexibility index (Phi) is 7.00. The van der Waals surface area contributed by atoms with Crippen molar-refractivity contribution in [3.63, 3.8) is 0 Å². The van der Waals surface area contributed by atoms with Crippen molar-refractivity contribution in [3.05, 3.63) is 34.5 Å². The number of imide groups is 1. The van der Waals surface area contributed by atoms with Crippen LogP contribution in [-0.2, 0) is 16.1 Å². The maximum Gasteiger partial charge on any atom is 0.347 e. The molecule has 8 nitrogen and oxygen atoms in total. The number of rotatable bonds is 10. The van der Waals surface area contributed by atoms with Crippen molar-refractivity contribution < 1.29 is 19.0 Å². The lowest BCUT2D eigenvalue weighted by atomic mass is 10.0. The first-order chi connectivity index (χ1) is 14.0. The number of nitrogens with zero attached hydrogens (tertiary/aromatic N) is 1. The number of fused-ring (bicyclic) bond motifs is 1. The van der Waals surface area contributed by atoms with Crippen molar-refractivity contribution in [1.29, 1.82) is 0 Å². The molecule has 2 heterocycles. The largest absolute Gasteiger partial charge is 0.624 e. The molecule has 29 heavy (non-hydrogen) atoms. The van der Waals surface area contributed by atoms with Crippen molar-refractivity contribution >= 4 is 23.4 Å². The van der Waals surface area contributed by atoms with E-state index in [1.54, 1.807) is 12.1 Å².